The van der Waals surface area contributed by atoms with Crippen molar-refractivity contribution in [2.24, 2.45) is 0 Å². The summed E-state index contributed by atoms with van der Waals surface area (Å²) >= 11 is 0. The van der Waals surface area contributed by atoms with Gasteiger partial charge in [-0.3, -0.25) is 0 Å². The van der Waals surface area contributed by atoms with Crippen LogP contribution in [0.4, 0.5) is 5.69 Å². The number of hydrogen-bond donors (Lipinski definition) is 2. The standard InChI is InChI=1S/C17H21NO/c1-14-7-5-6-10-17(14)18-16(13-19)12-11-15-8-3-2-4-9-15/h2-10,16,18-19H,11-13H2,1H3. The van der Waals surface area contributed by atoms with Crippen molar-refractivity contribution >= 4 is 5.69 Å². The van der Waals surface area contributed by atoms with E-state index in [2.05, 4.69) is 48.6 Å². The molecule has 2 heteroatoms. The summed E-state index contributed by atoms with van der Waals surface area (Å²) in [6.07, 6.45) is 1.90. The van der Waals surface area contributed by atoms with Crippen LogP contribution in [-0.2, 0) is 6.42 Å². The fourth-order valence-electron chi connectivity index (χ4n) is 2.15. The molecule has 2 rings (SSSR count). The summed E-state index contributed by atoms with van der Waals surface area (Å²) in [5.41, 5.74) is 3.63. The lowest BCUT2D eigenvalue weighted by atomic mass is 10.0. The number of hydrogen-bond acceptors (Lipinski definition) is 2. The van der Waals surface area contributed by atoms with Gasteiger partial charge in [0.1, 0.15) is 0 Å². The van der Waals surface area contributed by atoms with Crippen LogP contribution in [0, 0.1) is 6.92 Å². The lowest BCUT2D eigenvalue weighted by Crippen LogP contribution is -2.24. The molecule has 1 unspecified atom stereocenters. The molecule has 0 heterocycles. The van der Waals surface area contributed by atoms with E-state index in [1.807, 2.05) is 18.2 Å². The Morgan fingerprint density at radius 2 is 1.68 bits per heavy atom. The molecule has 0 spiro atoms. The van der Waals surface area contributed by atoms with Crippen molar-refractivity contribution in [3.8, 4) is 0 Å². The van der Waals surface area contributed by atoms with Crippen LogP contribution in [0.2, 0.25) is 0 Å². The first kappa shape index (κ1) is 13.6. The molecular weight excluding hydrogens is 234 g/mol. The molecule has 0 fully saturated rings. The van der Waals surface area contributed by atoms with Crippen molar-refractivity contribution in [1.82, 2.24) is 0 Å². The van der Waals surface area contributed by atoms with Gasteiger partial charge in [-0.25, -0.2) is 0 Å². The van der Waals surface area contributed by atoms with Crippen LogP contribution in [0.3, 0.4) is 0 Å². The van der Waals surface area contributed by atoms with E-state index in [9.17, 15) is 5.11 Å². The third kappa shape index (κ3) is 4.11. The molecule has 1 atom stereocenters. The van der Waals surface area contributed by atoms with Crippen LogP contribution < -0.4 is 5.32 Å². The Balaban J connectivity index is 1.92. The molecule has 0 aliphatic heterocycles. The van der Waals surface area contributed by atoms with E-state index in [0.717, 1.165) is 18.5 Å². The van der Waals surface area contributed by atoms with E-state index in [4.69, 9.17) is 0 Å². The lowest BCUT2D eigenvalue weighted by molar-refractivity contribution is 0.269. The molecule has 0 radical (unpaired) electrons. The average Bonchev–Trinajstić information content (AvgIpc) is 2.46. The Hall–Kier alpha value is -1.80. The average molecular weight is 255 g/mol. The summed E-state index contributed by atoms with van der Waals surface area (Å²) in [6, 6.07) is 18.7. The Morgan fingerprint density at radius 1 is 1.00 bits per heavy atom. The van der Waals surface area contributed by atoms with Gasteiger partial charge in [0.25, 0.3) is 0 Å². The Bertz CT molecular complexity index is 496. The summed E-state index contributed by atoms with van der Waals surface area (Å²) in [6.45, 7) is 2.23. The minimum Gasteiger partial charge on any atom is -0.394 e. The van der Waals surface area contributed by atoms with Crippen molar-refractivity contribution < 1.29 is 5.11 Å². The smallest absolute Gasteiger partial charge is 0.0632 e. The molecule has 0 amide bonds. The van der Waals surface area contributed by atoms with Gasteiger partial charge in [0, 0.05) is 11.7 Å². The number of aliphatic hydroxyl groups excluding tert-OH is 1. The maximum absolute atomic E-state index is 9.49. The zero-order valence-electron chi connectivity index (χ0n) is 11.3. The number of rotatable bonds is 6. The monoisotopic (exact) mass is 255 g/mol. The zero-order chi connectivity index (χ0) is 13.5. The first-order valence-corrected chi connectivity index (χ1v) is 6.76. The van der Waals surface area contributed by atoms with Gasteiger partial charge in [-0.1, -0.05) is 48.5 Å². The fourth-order valence-corrected chi connectivity index (χ4v) is 2.15. The van der Waals surface area contributed by atoms with Crippen LogP contribution in [0.15, 0.2) is 54.6 Å². The molecule has 0 aliphatic carbocycles. The van der Waals surface area contributed by atoms with Crippen molar-refractivity contribution in [2.75, 3.05) is 11.9 Å². The molecule has 19 heavy (non-hydrogen) atoms. The first-order valence-electron chi connectivity index (χ1n) is 6.76. The van der Waals surface area contributed by atoms with E-state index in [1.165, 1.54) is 11.1 Å². The highest BCUT2D eigenvalue weighted by Crippen LogP contribution is 2.16. The fraction of sp³-hybridized carbons (Fsp3) is 0.294. The second kappa shape index (κ2) is 6.95. The quantitative estimate of drug-likeness (QED) is 0.829. The predicted octanol–water partition coefficient (Wildman–Crippen LogP) is 3.40. The van der Waals surface area contributed by atoms with Crippen LogP contribution in [0.1, 0.15) is 17.5 Å². The third-order valence-corrected chi connectivity index (χ3v) is 3.35. The van der Waals surface area contributed by atoms with E-state index < -0.39 is 0 Å². The molecule has 100 valence electrons. The molecule has 0 aliphatic rings. The molecule has 2 aromatic carbocycles. The summed E-state index contributed by atoms with van der Waals surface area (Å²) in [5, 5.41) is 12.9. The highest BCUT2D eigenvalue weighted by molar-refractivity contribution is 5.50. The summed E-state index contributed by atoms with van der Waals surface area (Å²) < 4.78 is 0. The second-order valence-corrected chi connectivity index (χ2v) is 4.86. The van der Waals surface area contributed by atoms with E-state index >= 15 is 0 Å². The van der Waals surface area contributed by atoms with Crippen LogP contribution in [-0.4, -0.2) is 17.8 Å². The highest BCUT2D eigenvalue weighted by atomic mass is 16.3. The van der Waals surface area contributed by atoms with E-state index in [-0.39, 0.29) is 12.6 Å². The van der Waals surface area contributed by atoms with Crippen molar-refractivity contribution in [1.29, 1.82) is 0 Å². The predicted molar refractivity (Wildman–Crippen MR) is 80.4 cm³/mol. The third-order valence-electron chi connectivity index (χ3n) is 3.35. The van der Waals surface area contributed by atoms with Crippen LogP contribution >= 0.6 is 0 Å². The lowest BCUT2D eigenvalue weighted by Gasteiger charge is -2.19. The topological polar surface area (TPSA) is 32.3 Å². The molecule has 0 aromatic heterocycles. The summed E-state index contributed by atoms with van der Waals surface area (Å²) in [5.74, 6) is 0. The molecule has 0 bridgehead atoms. The highest BCUT2D eigenvalue weighted by Gasteiger charge is 2.08. The van der Waals surface area contributed by atoms with Gasteiger partial charge >= 0.3 is 0 Å². The minimum absolute atomic E-state index is 0.0984. The number of aliphatic hydroxyl groups is 1. The SMILES string of the molecule is Cc1ccccc1NC(CO)CCc1ccccc1. The molecule has 0 saturated carbocycles. The first-order chi connectivity index (χ1) is 9.29. The van der Waals surface area contributed by atoms with Crippen molar-refractivity contribution in [3.05, 3.63) is 65.7 Å². The van der Waals surface area contributed by atoms with Crippen molar-refractivity contribution in [2.45, 2.75) is 25.8 Å². The number of aryl methyl sites for hydroxylation is 2. The molecule has 2 nitrogen and oxygen atoms in total. The van der Waals surface area contributed by atoms with Gasteiger partial charge in [-0.05, 0) is 37.0 Å². The van der Waals surface area contributed by atoms with Crippen molar-refractivity contribution in [3.63, 3.8) is 0 Å². The van der Waals surface area contributed by atoms with Gasteiger partial charge in [0.05, 0.1) is 6.61 Å². The number of benzene rings is 2. The summed E-state index contributed by atoms with van der Waals surface area (Å²) in [7, 11) is 0. The van der Waals surface area contributed by atoms with Gasteiger partial charge in [-0.15, -0.1) is 0 Å². The molecule has 0 saturated heterocycles. The molecule has 2 aromatic rings. The maximum atomic E-state index is 9.49. The van der Waals surface area contributed by atoms with Crippen LogP contribution in [0.5, 0.6) is 0 Å². The van der Waals surface area contributed by atoms with Gasteiger partial charge in [0.15, 0.2) is 0 Å². The number of para-hydroxylation sites is 1. The largest absolute Gasteiger partial charge is 0.394 e. The molecular formula is C17H21NO. The maximum Gasteiger partial charge on any atom is 0.0632 e. The molecule has 2 N–H and O–H groups in total. The zero-order valence-corrected chi connectivity index (χ0v) is 11.3. The van der Waals surface area contributed by atoms with E-state index in [1.54, 1.807) is 0 Å². The number of anilines is 1. The Labute approximate surface area is 115 Å². The summed E-state index contributed by atoms with van der Waals surface area (Å²) in [4.78, 5) is 0. The second-order valence-electron chi connectivity index (χ2n) is 4.86. The van der Waals surface area contributed by atoms with E-state index in [0.29, 0.717) is 0 Å². The normalized spacial score (nSPS) is 12.1. The minimum atomic E-state index is 0.0984. The Morgan fingerprint density at radius 3 is 2.37 bits per heavy atom. The van der Waals surface area contributed by atoms with Gasteiger partial charge < -0.3 is 10.4 Å². The van der Waals surface area contributed by atoms with Crippen LogP contribution in [0.25, 0.3) is 0 Å². The number of nitrogens with one attached hydrogen (secondary N) is 1. The Kier molecular flexibility index (Phi) is 4.99. The van der Waals surface area contributed by atoms with Gasteiger partial charge in [-0.2, -0.15) is 0 Å². The van der Waals surface area contributed by atoms with Gasteiger partial charge in [0.2, 0.25) is 0 Å².